The summed E-state index contributed by atoms with van der Waals surface area (Å²) in [5.74, 6) is 0.300. The van der Waals surface area contributed by atoms with Crippen LogP contribution >= 0.6 is 0 Å². The summed E-state index contributed by atoms with van der Waals surface area (Å²) in [6.45, 7) is 2.21. The SMILES string of the molecule is Cc1ccc(OCCc2ccccc2)c(S(N)(=O)=O)c1. The minimum atomic E-state index is -3.78. The topological polar surface area (TPSA) is 69.4 Å². The number of nitrogens with two attached hydrogens (primary N) is 1. The molecule has 0 aliphatic rings. The maximum Gasteiger partial charge on any atom is 0.241 e. The highest BCUT2D eigenvalue weighted by molar-refractivity contribution is 7.89. The molecule has 0 atom stereocenters. The maximum atomic E-state index is 11.5. The zero-order valence-electron chi connectivity index (χ0n) is 11.2. The molecule has 2 rings (SSSR count). The Morgan fingerprint density at radius 3 is 2.45 bits per heavy atom. The lowest BCUT2D eigenvalue weighted by atomic mass is 10.2. The van der Waals surface area contributed by atoms with Crippen LogP contribution in [0.2, 0.25) is 0 Å². The molecule has 0 fully saturated rings. The summed E-state index contributed by atoms with van der Waals surface area (Å²) in [5.41, 5.74) is 1.96. The van der Waals surface area contributed by atoms with Crippen molar-refractivity contribution in [1.29, 1.82) is 0 Å². The standard InChI is InChI=1S/C15H17NO3S/c1-12-7-8-14(15(11-12)20(16,17)18)19-10-9-13-5-3-2-4-6-13/h2-8,11H,9-10H2,1H3,(H2,16,17,18). The van der Waals surface area contributed by atoms with Gasteiger partial charge in [-0.05, 0) is 30.2 Å². The molecule has 0 saturated carbocycles. The van der Waals surface area contributed by atoms with Gasteiger partial charge in [-0.1, -0.05) is 36.4 Å². The third-order valence-corrected chi connectivity index (χ3v) is 3.83. The van der Waals surface area contributed by atoms with Gasteiger partial charge in [0.05, 0.1) is 6.61 Å². The molecule has 0 aliphatic carbocycles. The highest BCUT2D eigenvalue weighted by atomic mass is 32.2. The molecule has 0 amide bonds. The molecule has 2 aromatic carbocycles. The van der Waals surface area contributed by atoms with Crippen LogP contribution in [0, 0.1) is 6.92 Å². The second-order valence-electron chi connectivity index (χ2n) is 4.58. The molecule has 0 spiro atoms. The summed E-state index contributed by atoms with van der Waals surface area (Å²) in [7, 11) is -3.78. The van der Waals surface area contributed by atoms with Gasteiger partial charge in [0, 0.05) is 6.42 Å². The molecule has 20 heavy (non-hydrogen) atoms. The Morgan fingerprint density at radius 2 is 1.80 bits per heavy atom. The van der Waals surface area contributed by atoms with E-state index in [0.29, 0.717) is 18.8 Å². The van der Waals surface area contributed by atoms with E-state index in [1.165, 1.54) is 6.07 Å². The Labute approximate surface area is 119 Å². The van der Waals surface area contributed by atoms with Crippen LogP contribution in [0.1, 0.15) is 11.1 Å². The van der Waals surface area contributed by atoms with E-state index < -0.39 is 10.0 Å². The first kappa shape index (κ1) is 14.6. The quantitative estimate of drug-likeness (QED) is 0.918. The molecule has 106 valence electrons. The van der Waals surface area contributed by atoms with Gasteiger partial charge in [0.1, 0.15) is 10.6 Å². The number of hydrogen-bond donors (Lipinski definition) is 1. The van der Waals surface area contributed by atoms with Gasteiger partial charge in [0.25, 0.3) is 0 Å². The van der Waals surface area contributed by atoms with Crippen molar-refractivity contribution in [2.45, 2.75) is 18.2 Å². The number of benzene rings is 2. The molecule has 0 radical (unpaired) electrons. The molecular weight excluding hydrogens is 274 g/mol. The largest absolute Gasteiger partial charge is 0.492 e. The van der Waals surface area contributed by atoms with Crippen LogP contribution in [0.3, 0.4) is 0 Å². The van der Waals surface area contributed by atoms with Gasteiger partial charge < -0.3 is 4.74 Å². The number of rotatable bonds is 5. The first-order valence-electron chi connectivity index (χ1n) is 6.27. The fourth-order valence-electron chi connectivity index (χ4n) is 1.88. The van der Waals surface area contributed by atoms with Crippen molar-refractivity contribution in [2.24, 2.45) is 5.14 Å². The minimum Gasteiger partial charge on any atom is -0.492 e. The molecule has 2 aromatic rings. The summed E-state index contributed by atoms with van der Waals surface area (Å²) < 4.78 is 28.6. The predicted molar refractivity (Wildman–Crippen MR) is 78.2 cm³/mol. The summed E-state index contributed by atoms with van der Waals surface area (Å²) in [5, 5.41) is 5.20. The van der Waals surface area contributed by atoms with E-state index in [2.05, 4.69) is 0 Å². The first-order valence-corrected chi connectivity index (χ1v) is 7.81. The minimum absolute atomic E-state index is 0.0329. The summed E-state index contributed by atoms with van der Waals surface area (Å²) >= 11 is 0. The lowest BCUT2D eigenvalue weighted by molar-refractivity contribution is 0.313. The van der Waals surface area contributed by atoms with Crippen molar-refractivity contribution >= 4 is 10.0 Å². The Kier molecular flexibility index (Phi) is 4.42. The Bertz CT molecular complexity index is 682. The average molecular weight is 291 g/mol. The fraction of sp³-hybridized carbons (Fsp3) is 0.200. The Balaban J connectivity index is 2.10. The molecule has 0 unspecified atom stereocenters. The van der Waals surface area contributed by atoms with E-state index in [1.807, 2.05) is 37.3 Å². The first-order chi connectivity index (χ1) is 9.47. The van der Waals surface area contributed by atoms with Crippen molar-refractivity contribution in [3.63, 3.8) is 0 Å². The lowest BCUT2D eigenvalue weighted by Crippen LogP contribution is -2.14. The Morgan fingerprint density at radius 1 is 1.10 bits per heavy atom. The molecule has 2 N–H and O–H groups in total. The van der Waals surface area contributed by atoms with Gasteiger partial charge in [-0.25, -0.2) is 13.6 Å². The third-order valence-electron chi connectivity index (χ3n) is 2.90. The van der Waals surface area contributed by atoms with Crippen LogP contribution in [0.15, 0.2) is 53.4 Å². The van der Waals surface area contributed by atoms with Crippen molar-refractivity contribution in [2.75, 3.05) is 6.61 Å². The molecule has 4 nitrogen and oxygen atoms in total. The van der Waals surface area contributed by atoms with Gasteiger partial charge in [0.2, 0.25) is 10.0 Å². The number of aryl methyl sites for hydroxylation is 1. The Hall–Kier alpha value is -1.85. The molecule has 5 heteroatoms. The fourth-order valence-corrected chi connectivity index (χ4v) is 2.64. The van der Waals surface area contributed by atoms with Gasteiger partial charge in [-0.2, -0.15) is 0 Å². The summed E-state index contributed by atoms with van der Waals surface area (Å²) in [6.07, 6.45) is 0.707. The number of ether oxygens (including phenoxy) is 1. The monoisotopic (exact) mass is 291 g/mol. The summed E-state index contributed by atoms with van der Waals surface area (Å²) in [4.78, 5) is 0.0329. The maximum absolute atomic E-state index is 11.5. The van der Waals surface area contributed by atoms with Crippen LogP contribution in [0.4, 0.5) is 0 Å². The molecule has 0 aromatic heterocycles. The second-order valence-corrected chi connectivity index (χ2v) is 6.11. The van der Waals surface area contributed by atoms with Gasteiger partial charge >= 0.3 is 0 Å². The zero-order chi connectivity index (χ0) is 14.6. The normalized spacial score (nSPS) is 11.3. The van der Waals surface area contributed by atoms with Crippen molar-refractivity contribution in [3.8, 4) is 5.75 Å². The van der Waals surface area contributed by atoms with Gasteiger partial charge in [0.15, 0.2) is 0 Å². The van der Waals surface area contributed by atoms with E-state index >= 15 is 0 Å². The highest BCUT2D eigenvalue weighted by Crippen LogP contribution is 2.24. The van der Waals surface area contributed by atoms with Crippen LogP contribution in [0.5, 0.6) is 5.75 Å². The van der Waals surface area contributed by atoms with E-state index in [0.717, 1.165) is 11.1 Å². The molecule has 0 aliphatic heterocycles. The van der Waals surface area contributed by atoms with Crippen molar-refractivity contribution < 1.29 is 13.2 Å². The second kappa shape index (κ2) is 6.07. The molecule has 0 bridgehead atoms. The molecular formula is C15H17NO3S. The van der Waals surface area contributed by atoms with Gasteiger partial charge in [-0.15, -0.1) is 0 Å². The number of sulfonamides is 1. The van der Waals surface area contributed by atoms with Crippen molar-refractivity contribution in [1.82, 2.24) is 0 Å². The number of hydrogen-bond acceptors (Lipinski definition) is 3. The summed E-state index contributed by atoms with van der Waals surface area (Å²) in [6, 6.07) is 14.8. The zero-order valence-corrected chi connectivity index (χ0v) is 12.1. The lowest BCUT2D eigenvalue weighted by Gasteiger charge is -2.11. The van der Waals surface area contributed by atoms with Crippen LogP contribution < -0.4 is 9.88 Å². The van der Waals surface area contributed by atoms with E-state index in [9.17, 15) is 8.42 Å². The third kappa shape index (κ3) is 3.82. The number of primary sulfonamides is 1. The van der Waals surface area contributed by atoms with Gasteiger partial charge in [-0.3, -0.25) is 0 Å². The smallest absolute Gasteiger partial charge is 0.241 e. The average Bonchev–Trinajstić information content (AvgIpc) is 2.40. The van der Waals surface area contributed by atoms with Crippen molar-refractivity contribution in [3.05, 3.63) is 59.7 Å². The highest BCUT2D eigenvalue weighted by Gasteiger charge is 2.15. The molecule has 0 saturated heterocycles. The van der Waals surface area contributed by atoms with E-state index in [-0.39, 0.29) is 4.90 Å². The van der Waals surface area contributed by atoms with E-state index in [4.69, 9.17) is 9.88 Å². The van der Waals surface area contributed by atoms with Crippen LogP contribution in [-0.2, 0) is 16.4 Å². The van der Waals surface area contributed by atoms with Crippen LogP contribution in [-0.4, -0.2) is 15.0 Å². The molecule has 0 heterocycles. The van der Waals surface area contributed by atoms with E-state index in [1.54, 1.807) is 12.1 Å². The predicted octanol–water partition coefficient (Wildman–Crippen LogP) is 2.26. The van der Waals surface area contributed by atoms with Crippen LogP contribution in [0.25, 0.3) is 0 Å².